The number of nitrogens with one attached hydrogen (secondary N) is 2. The van der Waals surface area contributed by atoms with Gasteiger partial charge in [0.1, 0.15) is 0 Å². The molecule has 0 saturated carbocycles. The predicted molar refractivity (Wildman–Crippen MR) is 104 cm³/mol. The summed E-state index contributed by atoms with van der Waals surface area (Å²) in [7, 11) is 0. The number of anilines is 1. The molecule has 1 unspecified atom stereocenters. The molecule has 5 nitrogen and oxygen atoms in total. The van der Waals surface area contributed by atoms with Gasteiger partial charge in [0.2, 0.25) is 0 Å². The van der Waals surface area contributed by atoms with Crippen molar-refractivity contribution in [1.29, 1.82) is 0 Å². The van der Waals surface area contributed by atoms with E-state index in [9.17, 15) is 4.79 Å². The van der Waals surface area contributed by atoms with Gasteiger partial charge in [-0.05, 0) is 36.1 Å². The van der Waals surface area contributed by atoms with Crippen molar-refractivity contribution in [3.8, 4) is 10.6 Å². The molecule has 128 valence electrons. The number of rotatable bonds is 4. The summed E-state index contributed by atoms with van der Waals surface area (Å²) >= 11 is 5.09. The number of carbonyl (C=O) groups excluding carboxylic acids is 1. The van der Waals surface area contributed by atoms with Crippen LogP contribution in [0.15, 0.2) is 52.3 Å². The molecule has 2 N–H and O–H groups in total. The maximum atomic E-state index is 12.4. The first kappa shape index (κ1) is 16.4. The molecule has 1 saturated heterocycles. The van der Waals surface area contributed by atoms with Gasteiger partial charge in [-0.2, -0.15) is 5.10 Å². The van der Waals surface area contributed by atoms with Crippen molar-refractivity contribution in [2.45, 2.75) is 12.5 Å². The molecule has 1 atom stereocenters. The quantitative estimate of drug-likeness (QED) is 0.677. The van der Waals surface area contributed by atoms with Crippen LogP contribution in [0, 0.1) is 0 Å². The van der Waals surface area contributed by atoms with Gasteiger partial charge in [0.25, 0.3) is 5.91 Å². The van der Waals surface area contributed by atoms with E-state index in [4.69, 9.17) is 0 Å². The molecule has 1 fully saturated rings. The van der Waals surface area contributed by atoms with Crippen molar-refractivity contribution in [3.05, 3.63) is 57.9 Å². The maximum Gasteiger partial charge on any atom is 0.251 e. The molecule has 1 aliphatic heterocycles. The van der Waals surface area contributed by atoms with Crippen molar-refractivity contribution < 1.29 is 4.79 Å². The number of nitrogens with zero attached hydrogens (tertiary/aromatic N) is 2. The van der Waals surface area contributed by atoms with Crippen LogP contribution >= 0.6 is 27.3 Å². The Morgan fingerprint density at radius 2 is 2.24 bits per heavy atom. The first-order chi connectivity index (χ1) is 12.2. The second kappa shape index (κ2) is 7.01. The van der Waals surface area contributed by atoms with Crippen LogP contribution in [0.2, 0.25) is 0 Å². The summed E-state index contributed by atoms with van der Waals surface area (Å²) in [5.41, 5.74) is 1.71. The Morgan fingerprint density at radius 1 is 1.32 bits per heavy atom. The third-order valence-corrected chi connectivity index (χ3v) is 5.68. The summed E-state index contributed by atoms with van der Waals surface area (Å²) in [6.07, 6.45) is 0.918. The lowest BCUT2D eigenvalue weighted by molar-refractivity contribution is 0.0940. The molecule has 0 bridgehead atoms. The Morgan fingerprint density at radius 3 is 3.04 bits per heavy atom. The fourth-order valence-corrected chi connectivity index (χ4v) is 4.11. The van der Waals surface area contributed by atoms with Crippen molar-refractivity contribution in [1.82, 2.24) is 15.5 Å². The number of benzene rings is 1. The largest absolute Gasteiger partial charge is 0.353 e. The smallest absolute Gasteiger partial charge is 0.251 e. The summed E-state index contributed by atoms with van der Waals surface area (Å²) in [4.78, 5) is 15.8. The Balaban J connectivity index is 1.39. The monoisotopic (exact) mass is 416 g/mol. The Kier molecular flexibility index (Phi) is 4.59. The Hall–Kier alpha value is -2.12. The number of aromatic nitrogens is 2. The lowest BCUT2D eigenvalue weighted by atomic mass is 10.2. The lowest BCUT2D eigenvalue weighted by Gasteiger charge is -2.16. The highest BCUT2D eigenvalue weighted by Crippen LogP contribution is 2.27. The SMILES string of the molecule is O=C(NC1CCN(c2cc(-c3cccs3)[nH]n2)C1)c1cccc(Br)c1. The predicted octanol–water partition coefficient (Wildman–Crippen LogP) is 3.91. The molecule has 4 rings (SSSR count). The standard InChI is InChI=1S/C18H17BrN4OS/c19-13-4-1-3-12(9-13)18(24)20-14-6-7-23(11-14)17-10-15(21-22-17)16-5-2-8-25-16/h1-5,8-10,14H,6-7,11H2,(H,20,24)(H,21,22). The van der Waals surface area contributed by atoms with Crippen LogP contribution in [-0.4, -0.2) is 35.2 Å². The van der Waals surface area contributed by atoms with Crippen molar-refractivity contribution in [3.63, 3.8) is 0 Å². The van der Waals surface area contributed by atoms with E-state index in [1.165, 1.54) is 4.88 Å². The first-order valence-corrected chi connectivity index (χ1v) is 9.77. The van der Waals surface area contributed by atoms with Crippen LogP contribution in [-0.2, 0) is 0 Å². The van der Waals surface area contributed by atoms with E-state index in [0.717, 1.165) is 35.5 Å². The zero-order chi connectivity index (χ0) is 17.2. The number of halogens is 1. The third-order valence-electron chi connectivity index (χ3n) is 4.29. The number of hydrogen-bond donors (Lipinski definition) is 2. The molecule has 0 radical (unpaired) electrons. The van der Waals surface area contributed by atoms with Crippen LogP contribution in [0.4, 0.5) is 5.82 Å². The van der Waals surface area contributed by atoms with E-state index in [-0.39, 0.29) is 11.9 Å². The van der Waals surface area contributed by atoms with Crippen LogP contribution in [0.1, 0.15) is 16.8 Å². The normalized spacial score (nSPS) is 17.0. The minimum Gasteiger partial charge on any atom is -0.353 e. The van der Waals surface area contributed by atoms with E-state index in [1.807, 2.05) is 30.3 Å². The molecule has 25 heavy (non-hydrogen) atoms. The number of amides is 1. The van der Waals surface area contributed by atoms with E-state index >= 15 is 0 Å². The number of hydrogen-bond acceptors (Lipinski definition) is 4. The summed E-state index contributed by atoms with van der Waals surface area (Å²) in [6, 6.07) is 13.8. The van der Waals surface area contributed by atoms with Crippen LogP contribution in [0.3, 0.4) is 0 Å². The first-order valence-electron chi connectivity index (χ1n) is 8.10. The van der Waals surface area contributed by atoms with E-state index in [0.29, 0.717) is 5.56 Å². The average Bonchev–Trinajstić information content (AvgIpc) is 3.35. The van der Waals surface area contributed by atoms with Gasteiger partial charge in [-0.3, -0.25) is 9.89 Å². The highest BCUT2D eigenvalue weighted by Gasteiger charge is 2.26. The molecule has 0 aliphatic carbocycles. The number of aromatic amines is 1. The fourth-order valence-electron chi connectivity index (χ4n) is 3.02. The van der Waals surface area contributed by atoms with Gasteiger partial charge < -0.3 is 10.2 Å². The van der Waals surface area contributed by atoms with Gasteiger partial charge in [0.15, 0.2) is 5.82 Å². The molecular formula is C18H17BrN4OS. The zero-order valence-corrected chi connectivity index (χ0v) is 15.8. The highest BCUT2D eigenvalue weighted by atomic mass is 79.9. The molecule has 1 aliphatic rings. The number of thiophene rings is 1. The molecule has 3 aromatic rings. The molecule has 1 amide bonds. The van der Waals surface area contributed by atoms with Crippen LogP contribution in [0.5, 0.6) is 0 Å². The molecular weight excluding hydrogens is 400 g/mol. The fraction of sp³-hybridized carbons (Fsp3) is 0.222. The second-order valence-corrected chi connectivity index (χ2v) is 7.90. The van der Waals surface area contributed by atoms with Gasteiger partial charge in [0.05, 0.1) is 10.6 Å². The Labute approximate surface area is 158 Å². The second-order valence-electron chi connectivity index (χ2n) is 6.03. The summed E-state index contributed by atoms with van der Waals surface area (Å²) in [5, 5.41) is 12.7. The molecule has 1 aromatic carbocycles. The van der Waals surface area contributed by atoms with Gasteiger partial charge in [-0.1, -0.05) is 28.1 Å². The van der Waals surface area contributed by atoms with Gasteiger partial charge in [0, 0.05) is 35.2 Å². The Bertz CT molecular complexity index is 877. The topological polar surface area (TPSA) is 61.0 Å². The minimum atomic E-state index is -0.0329. The minimum absolute atomic E-state index is 0.0329. The maximum absolute atomic E-state index is 12.4. The van der Waals surface area contributed by atoms with Gasteiger partial charge >= 0.3 is 0 Å². The van der Waals surface area contributed by atoms with E-state index < -0.39 is 0 Å². The van der Waals surface area contributed by atoms with Crippen molar-refractivity contribution in [2.24, 2.45) is 0 Å². The highest BCUT2D eigenvalue weighted by molar-refractivity contribution is 9.10. The molecule has 0 spiro atoms. The van der Waals surface area contributed by atoms with E-state index in [1.54, 1.807) is 11.3 Å². The summed E-state index contributed by atoms with van der Waals surface area (Å²) in [6.45, 7) is 1.66. The third kappa shape index (κ3) is 3.62. The van der Waals surface area contributed by atoms with Crippen molar-refractivity contribution in [2.75, 3.05) is 18.0 Å². The average molecular weight is 417 g/mol. The molecule has 3 heterocycles. The summed E-state index contributed by atoms with van der Waals surface area (Å²) < 4.78 is 0.908. The summed E-state index contributed by atoms with van der Waals surface area (Å²) in [5.74, 6) is 0.900. The molecule has 7 heteroatoms. The van der Waals surface area contributed by atoms with Crippen LogP contribution in [0.25, 0.3) is 10.6 Å². The molecule has 2 aromatic heterocycles. The van der Waals surface area contributed by atoms with Crippen LogP contribution < -0.4 is 10.2 Å². The van der Waals surface area contributed by atoms with E-state index in [2.05, 4.69) is 53.9 Å². The number of H-pyrrole nitrogens is 1. The lowest BCUT2D eigenvalue weighted by Crippen LogP contribution is -2.37. The van der Waals surface area contributed by atoms with Gasteiger partial charge in [-0.25, -0.2) is 0 Å². The van der Waals surface area contributed by atoms with Crippen molar-refractivity contribution >= 4 is 39.0 Å². The zero-order valence-electron chi connectivity index (χ0n) is 13.4. The van der Waals surface area contributed by atoms with Gasteiger partial charge in [-0.15, -0.1) is 11.3 Å². The number of carbonyl (C=O) groups is 1.